The van der Waals surface area contributed by atoms with E-state index < -0.39 is 0 Å². The lowest BCUT2D eigenvalue weighted by molar-refractivity contribution is -0.0155. The summed E-state index contributed by atoms with van der Waals surface area (Å²) in [5, 5.41) is 14.8. The minimum Gasteiger partial charge on any atom is -0.336 e. The number of piperazine rings is 1. The van der Waals surface area contributed by atoms with Gasteiger partial charge in [0.25, 0.3) is 0 Å². The molecule has 0 saturated carbocycles. The SMILES string of the molecule is CN1CCN(CC2CN3CCC2CC3CNC(=O)Nc2cccc(C#N)c2)CC1. The van der Waals surface area contributed by atoms with E-state index in [0.717, 1.165) is 24.9 Å². The topological polar surface area (TPSA) is 74.6 Å². The molecule has 0 radical (unpaired) electrons. The van der Waals surface area contributed by atoms with Crippen LogP contribution in [0.3, 0.4) is 0 Å². The number of piperidine rings is 3. The molecule has 7 heteroatoms. The molecule has 4 aliphatic rings. The molecule has 1 aromatic rings. The number of likely N-dealkylation sites (N-methyl/N-ethyl adjacent to an activating group) is 1. The molecule has 5 rings (SSSR count). The summed E-state index contributed by atoms with van der Waals surface area (Å²) in [7, 11) is 2.21. The molecule has 4 aliphatic heterocycles. The van der Waals surface area contributed by atoms with Crippen molar-refractivity contribution < 1.29 is 4.79 Å². The first kappa shape index (κ1) is 20.1. The largest absolute Gasteiger partial charge is 0.336 e. The van der Waals surface area contributed by atoms with Crippen molar-refractivity contribution in [3.63, 3.8) is 0 Å². The van der Waals surface area contributed by atoms with E-state index in [-0.39, 0.29) is 6.03 Å². The molecule has 1 aromatic carbocycles. The van der Waals surface area contributed by atoms with E-state index >= 15 is 0 Å². The molecule has 29 heavy (non-hydrogen) atoms. The van der Waals surface area contributed by atoms with E-state index in [1.54, 1.807) is 24.3 Å². The average Bonchev–Trinajstić information content (AvgIpc) is 2.75. The standard InChI is InChI=1S/C22H32N6O/c1-26-7-9-27(10-8-26)15-19-16-28-6-5-18(19)12-21(28)14-24-22(29)25-20-4-2-3-17(11-20)13-23/h2-4,11,18-19,21H,5-10,12,14-16H2,1H3,(H2,24,25,29). The number of nitriles is 1. The van der Waals surface area contributed by atoms with Crippen LogP contribution >= 0.6 is 0 Å². The first-order valence-corrected chi connectivity index (χ1v) is 10.8. The summed E-state index contributed by atoms with van der Waals surface area (Å²) in [6, 6.07) is 9.33. The molecule has 2 amide bonds. The van der Waals surface area contributed by atoms with E-state index in [9.17, 15) is 4.79 Å². The van der Waals surface area contributed by atoms with Crippen molar-refractivity contribution in [1.29, 1.82) is 5.26 Å². The number of carbonyl (C=O) groups excluding carboxylic acids is 1. The maximum Gasteiger partial charge on any atom is 0.319 e. The maximum absolute atomic E-state index is 12.3. The fraction of sp³-hybridized carbons (Fsp3) is 0.636. The Hall–Kier alpha value is -2.14. The third-order valence-electron chi connectivity index (χ3n) is 6.85. The van der Waals surface area contributed by atoms with Crippen LogP contribution in [0.2, 0.25) is 0 Å². The molecule has 7 nitrogen and oxygen atoms in total. The van der Waals surface area contributed by atoms with E-state index in [4.69, 9.17) is 5.26 Å². The van der Waals surface area contributed by atoms with Crippen molar-refractivity contribution in [3.05, 3.63) is 29.8 Å². The Morgan fingerprint density at radius 2 is 2.07 bits per heavy atom. The van der Waals surface area contributed by atoms with E-state index in [2.05, 4.69) is 38.5 Å². The fourth-order valence-corrected chi connectivity index (χ4v) is 5.08. The number of hydrogen-bond acceptors (Lipinski definition) is 5. The summed E-state index contributed by atoms with van der Waals surface area (Å²) in [6.45, 7) is 8.97. The smallest absolute Gasteiger partial charge is 0.319 e. The van der Waals surface area contributed by atoms with Crippen LogP contribution in [0.4, 0.5) is 10.5 Å². The second-order valence-corrected chi connectivity index (χ2v) is 8.82. The van der Waals surface area contributed by atoms with Crippen LogP contribution in [0.1, 0.15) is 18.4 Å². The highest BCUT2D eigenvalue weighted by Crippen LogP contribution is 2.36. The summed E-state index contributed by atoms with van der Waals surface area (Å²) in [5.41, 5.74) is 1.20. The zero-order chi connectivity index (χ0) is 20.2. The van der Waals surface area contributed by atoms with Crippen LogP contribution in [0.25, 0.3) is 0 Å². The maximum atomic E-state index is 12.3. The molecular weight excluding hydrogens is 364 g/mol. The molecule has 4 saturated heterocycles. The number of rotatable bonds is 5. The molecule has 4 atom stereocenters. The van der Waals surface area contributed by atoms with Gasteiger partial charge in [0.1, 0.15) is 0 Å². The molecule has 156 valence electrons. The van der Waals surface area contributed by atoms with Gasteiger partial charge < -0.3 is 20.4 Å². The summed E-state index contributed by atoms with van der Waals surface area (Å²) in [5.74, 6) is 1.55. The Morgan fingerprint density at radius 3 is 2.79 bits per heavy atom. The van der Waals surface area contributed by atoms with Crippen molar-refractivity contribution in [2.75, 3.05) is 64.7 Å². The Labute approximate surface area is 173 Å². The zero-order valence-electron chi connectivity index (χ0n) is 17.3. The minimum atomic E-state index is -0.197. The van der Waals surface area contributed by atoms with Crippen molar-refractivity contribution in [2.45, 2.75) is 18.9 Å². The lowest BCUT2D eigenvalue weighted by atomic mass is 9.75. The number of fused-ring (bicyclic) bond motifs is 3. The molecule has 4 fully saturated rings. The number of hydrogen-bond donors (Lipinski definition) is 2. The lowest BCUT2D eigenvalue weighted by Crippen LogP contribution is -2.59. The van der Waals surface area contributed by atoms with Gasteiger partial charge in [-0.1, -0.05) is 6.07 Å². The van der Waals surface area contributed by atoms with E-state index in [1.165, 1.54) is 45.6 Å². The molecule has 4 unspecified atom stereocenters. The predicted molar refractivity (Wildman–Crippen MR) is 114 cm³/mol. The summed E-state index contributed by atoms with van der Waals surface area (Å²) in [4.78, 5) is 19.9. The van der Waals surface area contributed by atoms with Gasteiger partial charge in [-0.3, -0.25) is 4.90 Å². The molecule has 4 heterocycles. The fourth-order valence-electron chi connectivity index (χ4n) is 5.08. The molecular formula is C22H32N6O. The first-order chi connectivity index (χ1) is 14.1. The average molecular weight is 397 g/mol. The number of anilines is 1. The van der Waals surface area contributed by atoms with Crippen LogP contribution in [-0.4, -0.2) is 86.2 Å². The zero-order valence-corrected chi connectivity index (χ0v) is 17.3. The van der Waals surface area contributed by atoms with Gasteiger partial charge in [0.15, 0.2) is 0 Å². The predicted octanol–water partition coefficient (Wildman–Crippen LogP) is 1.64. The molecule has 0 spiro atoms. The van der Waals surface area contributed by atoms with Crippen molar-refractivity contribution >= 4 is 11.7 Å². The van der Waals surface area contributed by atoms with Gasteiger partial charge in [0, 0.05) is 57.5 Å². The van der Waals surface area contributed by atoms with Gasteiger partial charge in [-0.25, -0.2) is 4.79 Å². The van der Waals surface area contributed by atoms with Crippen LogP contribution < -0.4 is 10.6 Å². The molecule has 0 aromatic heterocycles. The normalized spacial score (nSPS) is 29.9. The number of nitrogens with one attached hydrogen (secondary N) is 2. The quantitative estimate of drug-likeness (QED) is 0.791. The second-order valence-electron chi connectivity index (χ2n) is 8.82. The van der Waals surface area contributed by atoms with Gasteiger partial charge in [0.2, 0.25) is 0 Å². The van der Waals surface area contributed by atoms with Gasteiger partial charge in [-0.15, -0.1) is 0 Å². The van der Waals surface area contributed by atoms with Crippen molar-refractivity contribution in [1.82, 2.24) is 20.0 Å². The number of carbonyl (C=O) groups is 1. The van der Waals surface area contributed by atoms with Crippen LogP contribution in [-0.2, 0) is 0 Å². The Bertz CT molecular complexity index is 754. The minimum absolute atomic E-state index is 0.197. The monoisotopic (exact) mass is 396 g/mol. The highest BCUT2D eigenvalue weighted by Gasteiger charge is 2.40. The summed E-state index contributed by atoms with van der Waals surface area (Å²) >= 11 is 0. The Balaban J connectivity index is 1.23. The Morgan fingerprint density at radius 1 is 1.24 bits per heavy atom. The van der Waals surface area contributed by atoms with Crippen LogP contribution in [0, 0.1) is 23.2 Å². The number of nitrogens with zero attached hydrogens (tertiary/aromatic N) is 4. The summed E-state index contributed by atoms with van der Waals surface area (Å²) < 4.78 is 0. The van der Waals surface area contributed by atoms with Crippen molar-refractivity contribution in [3.8, 4) is 6.07 Å². The summed E-state index contributed by atoms with van der Waals surface area (Å²) in [6.07, 6.45) is 2.48. The molecule has 0 aliphatic carbocycles. The van der Waals surface area contributed by atoms with Crippen LogP contribution in [0.15, 0.2) is 24.3 Å². The lowest BCUT2D eigenvalue weighted by Gasteiger charge is -2.51. The van der Waals surface area contributed by atoms with Gasteiger partial charge in [0.05, 0.1) is 11.6 Å². The highest BCUT2D eigenvalue weighted by atomic mass is 16.2. The Kier molecular flexibility index (Phi) is 6.34. The van der Waals surface area contributed by atoms with Crippen LogP contribution in [0.5, 0.6) is 0 Å². The molecule has 2 bridgehead atoms. The molecule has 2 N–H and O–H groups in total. The van der Waals surface area contributed by atoms with Gasteiger partial charge in [-0.05, 0) is 56.5 Å². The number of urea groups is 1. The third-order valence-corrected chi connectivity index (χ3v) is 6.85. The van der Waals surface area contributed by atoms with E-state index in [0.29, 0.717) is 23.8 Å². The third kappa shape index (κ3) is 5.08. The van der Waals surface area contributed by atoms with Crippen molar-refractivity contribution in [2.24, 2.45) is 11.8 Å². The number of amides is 2. The second kappa shape index (κ2) is 9.12. The van der Waals surface area contributed by atoms with E-state index in [1.807, 2.05) is 0 Å². The van der Waals surface area contributed by atoms with Gasteiger partial charge >= 0.3 is 6.03 Å². The number of benzene rings is 1. The first-order valence-electron chi connectivity index (χ1n) is 10.8. The van der Waals surface area contributed by atoms with Gasteiger partial charge in [-0.2, -0.15) is 5.26 Å². The highest BCUT2D eigenvalue weighted by molar-refractivity contribution is 5.89.